The van der Waals surface area contributed by atoms with Crippen molar-refractivity contribution in [2.24, 2.45) is 0 Å². The Kier molecular flexibility index (Phi) is 6.83. The summed E-state index contributed by atoms with van der Waals surface area (Å²) < 4.78 is 11.0. The van der Waals surface area contributed by atoms with Crippen LogP contribution in [0.1, 0.15) is 0 Å². The van der Waals surface area contributed by atoms with Crippen molar-refractivity contribution in [2.75, 3.05) is 0 Å². The highest BCUT2D eigenvalue weighted by Crippen LogP contribution is 2.43. The van der Waals surface area contributed by atoms with Crippen molar-refractivity contribution in [1.29, 1.82) is 0 Å². The summed E-state index contributed by atoms with van der Waals surface area (Å²) in [6.45, 7) is 0. The second kappa shape index (κ2) is 12.0. The predicted molar refractivity (Wildman–Crippen MR) is 220 cm³/mol. The predicted octanol–water partition coefficient (Wildman–Crippen LogP) is 13.1. The minimum Gasteiger partial charge on any atom is -0.436 e. The average Bonchev–Trinajstić information content (AvgIpc) is 3.94. The van der Waals surface area contributed by atoms with Crippen molar-refractivity contribution < 1.29 is 4.42 Å². The molecular formula is C46H26N4OS2. The zero-order valence-corrected chi connectivity index (χ0v) is 29.7. The second-order valence-electron chi connectivity index (χ2n) is 13.0. The first-order valence-corrected chi connectivity index (χ1v) is 19.0. The topological polar surface area (TPSA) is 64.7 Å². The van der Waals surface area contributed by atoms with Crippen LogP contribution in [0.4, 0.5) is 0 Å². The number of thiophene rings is 2. The SMILES string of the molecule is c1ccc(-c2nc(-c3cccc(-c4cccc5c4sc4ccc(-c6nc7ccccc7o6)cc45)c3)nc(-c3cccc4c3sc3ccccc34)n2)cc1. The number of para-hydroxylation sites is 2. The van der Waals surface area contributed by atoms with Crippen molar-refractivity contribution in [3.8, 4) is 56.7 Å². The quantitative estimate of drug-likeness (QED) is 0.178. The van der Waals surface area contributed by atoms with Gasteiger partial charge in [-0.05, 0) is 59.7 Å². The van der Waals surface area contributed by atoms with E-state index in [2.05, 4.69) is 115 Å². The highest BCUT2D eigenvalue weighted by Gasteiger charge is 2.18. The van der Waals surface area contributed by atoms with Crippen molar-refractivity contribution in [3.05, 3.63) is 158 Å². The molecule has 0 spiro atoms. The molecule has 0 saturated heterocycles. The molecule has 0 amide bonds. The smallest absolute Gasteiger partial charge is 0.227 e. The van der Waals surface area contributed by atoms with E-state index in [4.69, 9.17) is 24.4 Å². The third-order valence-electron chi connectivity index (χ3n) is 9.78. The van der Waals surface area contributed by atoms with Gasteiger partial charge < -0.3 is 4.42 Å². The Morgan fingerprint density at radius 3 is 1.87 bits per heavy atom. The first-order chi connectivity index (χ1) is 26.2. The third-order valence-corrected chi connectivity index (χ3v) is 12.2. The standard InChI is InChI=1S/C46H26N4OS2/c1-2-11-27(12-3-1)43-48-44(50-45(49-43)35-19-10-17-33-32-15-4-7-22-39(32)52-42(33)35)29-14-8-13-28(25-29)31-16-9-18-34-36-26-30(23-24-40(36)53-41(31)34)46-47-37-20-5-6-21-38(37)51-46/h1-26H. The Hall–Kier alpha value is -6.54. The van der Waals surface area contributed by atoms with Crippen molar-refractivity contribution in [2.45, 2.75) is 0 Å². The first kappa shape index (κ1) is 30.1. The van der Waals surface area contributed by atoms with E-state index >= 15 is 0 Å². The molecule has 0 fully saturated rings. The largest absolute Gasteiger partial charge is 0.436 e. The molecule has 0 aliphatic heterocycles. The van der Waals surface area contributed by atoms with Gasteiger partial charge in [-0.25, -0.2) is 19.9 Å². The third kappa shape index (κ3) is 5.04. The van der Waals surface area contributed by atoms with Crippen LogP contribution in [0.25, 0.3) is 108 Å². The maximum atomic E-state index is 6.12. The molecule has 248 valence electrons. The second-order valence-corrected chi connectivity index (χ2v) is 15.1. The molecule has 5 nitrogen and oxygen atoms in total. The van der Waals surface area contributed by atoms with Gasteiger partial charge in [-0.15, -0.1) is 22.7 Å². The zero-order valence-electron chi connectivity index (χ0n) is 28.0. The van der Waals surface area contributed by atoms with Gasteiger partial charge in [-0.1, -0.05) is 109 Å². The van der Waals surface area contributed by atoms with E-state index in [0.717, 1.165) is 38.9 Å². The molecule has 0 radical (unpaired) electrons. The van der Waals surface area contributed by atoms with Gasteiger partial charge in [-0.3, -0.25) is 0 Å². The summed E-state index contributed by atoms with van der Waals surface area (Å²) >= 11 is 3.59. The van der Waals surface area contributed by atoms with E-state index in [0.29, 0.717) is 23.4 Å². The van der Waals surface area contributed by atoms with Crippen LogP contribution in [0.15, 0.2) is 162 Å². The fraction of sp³-hybridized carbons (Fsp3) is 0. The highest BCUT2D eigenvalue weighted by molar-refractivity contribution is 7.26. The molecule has 4 aromatic heterocycles. The van der Waals surface area contributed by atoms with Crippen LogP contribution in [-0.2, 0) is 0 Å². The van der Waals surface area contributed by atoms with E-state index in [-0.39, 0.29) is 0 Å². The molecule has 0 atom stereocenters. The Morgan fingerprint density at radius 1 is 0.377 bits per heavy atom. The molecule has 4 heterocycles. The maximum absolute atomic E-state index is 6.12. The van der Waals surface area contributed by atoms with Crippen LogP contribution < -0.4 is 0 Å². The van der Waals surface area contributed by atoms with E-state index in [1.165, 1.54) is 45.9 Å². The van der Waals surface area contributed by atoms with Gasteiger partial charge in [-0.2, -0.15) is 0 Å². The van der Waals surface area contributed by atoms with Crippen molar-refractivity contribution >= 4 is 74.1 Å². The fourth-order valence-corrected chi connectivity index (χ4v) is 9.68. The zero-order chi connectivity index (χ0) is 34.9. The number of benzene rings is 7. The summed E-state index contributed by atoms with van der Waals surface area (Å²) in [6.07, 6.45) is 0. The minimum atomic E-state index is 0.631. The first-order valence-electron chi connectivity index (χ1n) is 17.4. The van der Waals surface area contributed by atoms with Gasteiger partial charge >= 0.3 is 0 Å². The molecule has 11 aromatic rings. The molecule has 7 heteroatoms. The van der Waals surface area contributed by atoms with Crippen LogP contribution in [0.5, 0.6) is 0 Å². The van der Waals surface area contributed by atoms with Crippen molar-refractivity contribution in [1.82, 2.24) is 19.9 Å². The number of fused-ring (bicyclic) bond motifs is 7. The van der Waals surface area contributed by atoms with E-state index in [9.17, 15) is 0 Å². The summed E-state index contributed by atoms with van der Waals surface area (Å²) in [5.41, 5.74) is 7.78. The van der Waals surface area contributed by atoms with Gasteiger partial charge in [0.15, 0.2) is 23.1 Å². The summed E-state index contributed by atoms with van der Waals surface area (Å²) in [5, 5.41) is 4.85. The van der Waals surface area contributed by atoms with Crippen LogP contribution in [0.3, 0.4) is 0 Å². The minimum absolute atomic E-state index is 0.631. The Morgan fingerprint density at radius 2 is 1.00 bits per heavy atom. The average molecular weight is 715 g/mol. The maximum Gasteiger partial charge on any atom is 0.227 e. The summed E-state index contributed by atoms with van der Waals surface area (Å²) in [5.74, 6) is 2.58. The molecule has 0 aliphatic carbocycles. The lowest BCUT2D eigenvalue weighted by Crippen LogP contribution is -2.00. The summed E-state index contributed by atoms with van der Waals surface area (Å²) in [4.78, 5) is 20.1. The number of hydrogen-bond donors (Lipinski definition) is 0. The van der Waals surface area contributed by atoms with Crippen molar-refractivity contribution in [3.63, 3.8) is 0 Å². The molecule has 53 heavy (non-hydrogen) atoms. The fourth-order valence-electron chi connectivity index (χ4n) is 7.25. The number of oxazole rings is 1. The van der Waals surface area contributed by atoms with Gasteiger partial charge in [0, 0.05) is 62.6 Å². The molecule has 0 saturated carbocycles. The van der Waals surface area contributed by atoms with E-state index < -0.39 is 0 Å². The molecule has 0 aliphatic rings. The Bertz CT molecular complexity index is 3160. The van der Waals surface area contributed by atoms with Gasteiger partial charge in [0.25, 0.3) is 0 Å². The van der Waals surface area contributed by atoms with Crippen LogP contribution in [0.2, 0.25) is 0 Å². The van der Waals surface area contributed by atoms with E-state index in [1.807, 2.05) is 42.5 Å². The molecule has 0 unspecified atom stereocenters. The normalized spacial score (nSPS) is 11.8. The van der Waals surface area contributed by atoms with E-state index in [1.54, 1.807) is 22.7 Å². The van der Waals surface area contributed by atoms with Gasteiger partial charge in [0.2, 0.25) is 5.89 Å². The van der Waals surface area contributed by atoms with Crippen LogP contribution >= 0.6 is 22.7 Å². The molecular weight excluding hydrogens is 689 g/mol. The lowest BCUT2D eigenvalue weighted by atomic mass is 10.00. The Labute approximate surface area is 311 Å². The molecule has 0 N–H and O–H groups in total. The monoisotopic (exact) mass is 714 g/mol. The number of nitrogens with zero attached hydrogens (tertiary/aromatic N) is 4. The highest BCUT2D eigenvalue weighted by atomic mass is 32.1. The molecule has 7 aromatic carbocycles. The van der Waals surface area contributed by atoms with Crippen LogP contribution in [-0.4, -0.2) is 19.9 Å². The summed E-state index contributed by atoms with van der Waals surface area (Å²) in [6, 6.07) is 54.6. The number of hydrogen-bond acceptors (Lipinski definition) is 7. The van der Waals surface area contributed by atoms with Gasteiger partial charge in [0.1, 0.15) is 5.52 Å². The Balaban J connectivity index is 1.05. The molecule has 11 rings (SSSR count). The molecule has 0 bridgehead atoms. The number of aromatic nitrogens is 4. The number of rotatable bonds is 5. The van der Waals surface area contributed by atoms with Gasteiger partial charge in [0.05, 0.1) is 0 Å². The lowest BCUT2D eigenvalue weighted by molar-refractivity contribution is 0.620. The summed E-state index contributed by atoms with van der Waals surface area (Å²) in [7, 11) is 0. The van der Waals surface area contributed by atoms with Crippen LogP contribution in [0, 0.1) is 0 Å². The lowest BCUT2D eigenvalue weighted by Gasteiger charge is -2.10.